The second kappa shape index (κ2) is 7.81. The molecule has 3 rings (SSSR count). The first-order chi connectivity index (χ1) is 13.3. The lowest BCUT2D eigenvalue weighted by Crippen LogP contribution is -2.09. The standard InChI is InChI=1S/C19H20N4O4S/c1-10(2)11-5-4-6-12(7-11)23-17(21-22-18(23)20-19(26)28)13-8-16(27-3)15(25)9-14(13)24/h4-10,24-25H,1-3H3,(H2,20,22,26,28). The Kier molecular flexibility index (Phi) is 5.46. The molecular formula is C19H20N4O4S. The first kappa shape index (κ1) is 19.6. The number of methoxy groups -OCH3 is 1. The number of rotatable bonds is 5. The summed E-state index contributed by atoms with van der Waals surface area (Å²) in [5, 5.41) is 30.3. The number of thiol groups is 1. The fourth-order valence-electron chi connectivity index (χ4n) is 2.80. The molecule has 3 aromatic rings. The molecule has 3 N–H and O–H groups in total. The van der Waals surface area contributed by atoms with Crippen molar-refractivity contribution in [2.24, 2.45) is 0 Å². The number of amides is 1. The summed E-state index contributed by atoms with van der Waals surface area (Å²) < 4.78 is 6.72. The van der Waals surface area contributed by atoms with Gasteiger partial charge in [0.15, 0.2) is 17.3 Å². The number of carbonyl (C=O) groups is 1. The fraction of sp³-hybridized carbons (Fsp3) is 0.211. The Morgan fingerprint density at radius 2 is 1.93 bits per heavy atom. The van der Waals surface area contributed by atoms with Crippen LogP contribution in [0.1, 0.15) is 25.3 Å². The van der Waals surface area contributed by atoms with Gasteiger partial charge in [0.1, 0.15) is 5.75 Å². The Morgan fingerprint density at radius 1 is 1.18 bits per heavy atom. The van der Waals surface area contributed by atoms with Crippen LogP contribution in [-0.2, 0) is 0 Å². The average Bonchev–Trinajstić information content (AvgIpc) is 3.04. The lowest BCUT2D eigenvalue weighted by atomic mass is 10.0. The number of hydrogen-bond acceptors (Lipinski definition) is 6. The van der Waals surface area contributed by atoms with Gasteiger partial charge in [0, 0.05) is 6.07 Å². The van der Waals surface area contributed by atoms with Crippen LogP contribution in [0.5, 0.6) is 17.2 Å². The van der Waals surface area contributed by atoms with E-state index in [1.807, 2.05) is 24.3 Å². The summed E-state index contributed by atoms with van der Waals surface area (Å²) in [5.74, 6) is 0.426. The van der Waals surface area contributed by atoms with Gasteiger partial charge in [0.2, 0.25) is 5.95 Å². The van der Waals surface area contributed by atoms with Gasteiger partial charge >= 0.3 is 0 Å². The number of benzene rings is 2. The second-order valence-electron chi connectivity index (χ2n) is 6.40. The smallest absolute Gasteiger partial charge is 0.282 e. The van der Waals surface area contributed by atoms with Crippen LogP contribution in [0.2, 0.25) is 0 Å². The highest BCUT2D eigenvalue weighted by Gasteiger charge is 2.21. The molecule has 8 nitrogen and oxygen atoms in total. The number of carbonyl (C=O) groups excluding carboxylic acids is 1. The lowest BCUT2D eigenvalue weighted by molar-refractivity contribution is 0.270. The largest absolute Gasteiger partial charge is 0.507 e. The van der Waals surface area contributed by atoms with E-state index in [9.17, 15) is 15.0 Å². The SMILES string of the molecule is COc1cc(-c2nnc(NC(=O)S)n2-c2cccc(C(C)C)c2)c(O)cc1O. The third-order valence-electron chi connectivity index (χ3n) is 4.21. The zero-order valence-electron chi connectivity index (χ0n) is 15.5. The first-order valence-electron chi connectivity index (χ1n) is 8.47. The molecule has 2 aromatic carbocycles. The van der Waals surface area contributed by atoms with Gasteiger partial charge in [0.25, 0.3) is 5.24 Å². The molecule has 0 aliphatic carbocycles. The first-order valence-corrected chi connectivity index (χ1v) is 8.92. The Balaban J connectivity index is 2.26. The lowest BCUT2D eigenvalue weighted by Gasteiger charge is -2.14. The molecule has 0 saturated carbocycles. The highest BCUT2D eigenvalue weighted by molar-refractivity contribution is 7.96. The zero-order valence-corrected chi connectivity index (χ0v) is 16.4. The highest BCUT2D eigenvalue weighted by atomic mass is 32.1. The Bertz CT molecular complexity index is 1030. The minimum Gasteiger partial charge on any atom is -0.507 e. The summed E-state index contributed by atoms with van der Waals surface area (Å²) >= 11 is 3.75. The van der Waals surface area contributed by atoms with Gasteiger partial charge in [-0.25, -0.2) is 0 Å². The number of ether oxygens (including phenoxy) is 1. The maximum absolute atomic E-state index is 11.5. The fourth-order valence-corrected chi connectivity index (χ4v) is 2.90. The van der Waals surface area contributed by atoms with E-state index in [4.69, 9.17) is 4.74 Å². The molecule has 0 unspecified atom stereocenters. The van der Waals surface area contributed by atoms with E-state index in [2.05, 4.69) is 42.0 Å². The van der Waals surface area contributed by atoms with Gasteiger partial charge < -0.3 is 14.9 Å². The molecule has 0 radical (unpaired) electrons. The highest BCUT2D eigenvalue weighted by Crippen LogP contribution is 2.39. The van der Waals surface area contributed by atoms with Gasteiger partial charge in [0.05, 0.1) is 18.4 Å². The summed E-state index contributed by atoms with van der Waals surface area (Å²) in [6.07, 6.45) is 0. The van der Waals surface area contributed by atoms with Crippen molar-refractivity contribution in [1.29, 1.82) is 0 Å². The van der Waals surface area contributed by atoms with Gasteiger partial charge in [-0.2, -0.15) is 0 Å². The van der Waals surface area contributed by atoms with Crippen molar-refractivity contribution in [2.75, 3.05) is 12.4 Å². The van der Waals surface area contributed by atoms with Crippen molar-refractivity contribution in [2.45, 2.75) is 19.8 Å². The molecule has 0 aliphatic rings. The Labute approximate surface area is 167 Å². The van der Waals surface area contributed by atoms with Crippen LogP contribution in [0.4, 0.5) is 10.7 Å². The number of anilines is 1. The third kappa shape index (κ3) is 3.74. The molecule has 0 aliphatic heterocycles. The number of nitrogens with zero attached hydrogens (tertiary/aromatic N) is 3. The number of phenols is 2. The quantitative estimate of drug-likeness (QED) is 0.483. The van der Waals surface area contributed by atoms with E-state index in [-0.39, 0.29) is 40.5 Å². The van der Waals surface area contributed by atoms with Gasteiger partial charge in [-0.3, -0.25) is 14.7 Å². The van der Waals surface area contributed by atoms with Crippen LogP contribution >= 0.6 is 12.6 Å². The number of phenolic OH excluding ortho intramolecular Hbond substituents is 2. The summed E-state index contributed by atoms with van der Waals surface area (Å²) in [7, 11) is 1.40. The summed E-state index contributed by atoms with van der Waals surface area (Å²) in [4.78, 5) is 11.5. The molecule has 28 heavy (non-hydrogen) atoms. The van der Waals surface area contributed by atoms with Crippen LogP contribution in [0.15, 0.2) is 36.4 Å². The van der Waals surface area contributed by atoms with E-state index < -0.39 is 5.24 Å². The van der Waals surface area contributed by atoms with Crippen molar-refractivity contribution < 1.29 is 19.7 Å². The number of nitrogens with one attached hydrogen (secondary N) is 1. The monoisotopic (exact) mass is 400 g/mol. The topological polar surface area (TPSA) is 110 Å². The van der Waals surface area contributed by atoms with Crippen molar-refractivity contribution in [3.63, 3.8) is 0 Å². The minimum absolute atomic E-state index is 0.141. The molecule has 0 fully saturated rings. The van der Waals surface area contributed by atoms with Crippen LogP contribution in [0, 0.1) is 0 Å². The molecule has 0 atom stereocenters. The van der Waals surface area contributed by atoms with Crippen LogP contribution in [0.3, 0.4) is 0 Å². The number of hydrogen-bond donors (Lipinski definition) is 4. The normalized spacial score (nSPS) is 10.9. The van der Waals surface area contributed by atoms with Gasteiger partial charge in [-0.05, 0) is 29.7 Å². The molecule has 1 amide bonds. The van der Waals surface area contributed by atoms with Crippen LogP contribution in [-0.4, -0.2) is 37.3 Å². The van der Waals surface area contributed by atoms with E-state index in [1.54, 1.807) is 4.57 Å². The summed E-state index contributed by atoms with van der Waals surface area (Å²) in [6, 6.07) is 10.3. The number of aromatic hydroxyl groups is 2. The second-order valence-corrected chi connectivity index (χ2v) is 6.81. The van der Waals surface area contributed by atoms with Crippen LogP contribution < -0.4 is 10.1 Å². The Hall–Kier alpha value is -3.20. The molecule has 0 bridgehead atoms. The molecule has 146 valence electrons. The van der Waals surface area contributed by atoms with E-state index in [1.165, 1.54) is 13.2 Å². The van der Waals surface area contributed by atoms with Crippen molar-refractivity contribution in [3.05, 3.63) is 42.0 Å². The summed E-state index contributed by atoms with van der Waals surface area (Å²) in [6.45, 7) is 4.14. The number of aromatic nitrogens is 3. The maximum Gasteiger partial charge on any atom is 0.282 e. The predicted octanol–water partition coefficient (Wildman–Crippen LogP) is 3.94. The third-order valence-corrected chi connectivity index (χ3v) is 4.33. The van der Waals surface area contributed by atoms with Crippen molar-refractivity contribution in [3.8, 4) is 34.3 Å². The van der Waals surface area contributed by atoms with E-state index in [0.29, 0.717) is 5.69 Å². The summed E-state index contributed by atoms with van der Waals surface area (Å²) in [5.41, 5.74) is 2.04. The maximum atomic E-state index is 11.5. The molecule has 0 spiro atoms. The zero-order chi connectivity index (χ0) is 20.4. The van der Waals surface area contributed by atoms with Crippen molar-refractivity contribution >= 4 is 23.8 Å². The molecule has 0 saturated heterocycles. The predicted molar refractivity (Wildman–Crippen MR) is 109 cm³/mol. The van der Waals surface area contributed by atoms with Crippen molar-refractivity contribution in [1.82, 2.24) is 14.8 Å². The Morgan fingerprint density at radius 3 is 2.57 bits per heavy atom. The minimum atomic E-state index is -0.604. The molecule has 1 aromatic heterocycles. The van der Waals surface area contributed by atoms with Crippen LogP contribution in [0.25, 0.3) is 17.1 Å². The van der Waals surface area contributed by atoms with E-state index in [0.717, 1.165) is 11.6 Å². The van der Waals surface area contributed by atoms with Gasteiger partial charge in [-0.1, -0.05) is 38.6 Å². The molecular weight excluding hydrogens is 380 g/mol. The van der Waals surface area contributed by atoms with E-state index >= 15 is 0 Å². The molecule has 1 heterocycles. The average molecular weight is 400 g/mol. The molecule has 9 heteroatoms. The van der Waals surface area contributed by atoms with Gasteiger partial charge in [-0.15, -0.1) is 10.2 Å².